The van der Waals surface area contributed by atoms with Crippen LogP contribution in [0.25, 0.3) is 0 Å². The van der Waals surface area contributed by atoms with E-state index in [1.54, 1.807) is 0 Å². The average molecular weight is 237 g/mol. The van der Waals surface area contributed by atoms with E-state index in [9.17, 15) is 0 Å². The molecule has 4 nitrogen and oxygen atoms in total. The minimum atomic E-state index is 0.754. The molecule has 1 heterocycles. The highest BCUT2D eigenvalue weighted by Gasteiger charge is 2.20. The first-order chi connectivity index (χ1) is 8.29. The van der Waals surface area contributed by atoms with Crippen molar-refractivity contribution in [2.45, 2.75) is 52.2 Å². The first-order valence-corrected chi connectivity index (χ1v) is 6.63. The second-order valence-electron chi connectivity index (χ2n) is 4.77. The third-order valence-electron chi connectivity index (χ3n) is 3.02. The van der Waals surface area contributed by atoms with Gasteiger partial charge in [0.25, 0.3) is 0 Å². The predicted octanol–water partition coefficient (Wildman–Crippen LogP) is 1.87. The van der Waals surface area contributed by atoms with Gasteiger partial charge in [-0.15, -0.1) is 0 Å². The van der Waals surface area contributed by atoms with Crippen LogP contribution in [0, 0.1) is 6.92 Å². The van der Waals surface area contributed by atoms with E-state index in [0.717, 1.165) is 44.5 Å². The SMILES string of the molecule is CCCOCCn1cc(CNC2CC2)c(C)n1. The summed E-state index contributed by atoms with van der Waals surface area (Å²) in [6.45, 7) is 7.60. The summed E-state index contributed by atoms with van der Waals surface area (Å²) in [5.74, 6) is 0. The molecule has 1 aromatic heterocycles. The number of aryl methyl sites for hydroxylation is 1. The van der Waals surface area contributed by atoms with Crippen molar-refractivity contribution in [2.75, 3.05) is 13.2 Å². The van der Waals surface area contributed by atoms with Crippen molar-refractivity contribution in [1.82, 2.24) is 15.1 Å². The Labute approximate surface area is 103 Å². The highest BCUT2D eigenvalue weighted by atomic mass is 16.5. The molecule has 0 amide bonds. The fourth-order valence-electron chi connectivity index (χ4n) is 1.79. The summed E-state index contributed by atoms with van der Waals surface area (Å²) in [6, 6.07) is 0.755. The first-order valence-electron chi connectivity index (χ1n) is 6.63. The van der Waals surface area contributed by atoms with Gasteiger partial charge in [0.15, 0.2) is 0 Å². The molecule has 0 saturated heterocycles. The van der Waals surface area contributed by atoms with E-state index in [0.29, 0.717) is 0 Å². The summed E-state index contributed by atoms with van der Waals surface area (Å²) in [5, 5.41) is 8.02. The Morgan fingerprint density at radius 2 is 2.29 bits per heavy atom. The predicted molar refractivity (Wildman–Crippen MR) is 67.9 cm³/mol. The molecule has 1 saturated carbocycles. The number of nitrogens with one attached hydrogen (secondary N) is 1. The summed E-state index contributed by atoms with van der Waals surface area (Å²) in [6.07, 6.45) is 5.88. The lowest BCUT2D eigenvalue weighted by atomic mass is 10.2. The Balaban J connectivity index is 1.75. The van der Waals surface area contributed by atoms with Crippen molar-refractivity contribution in [1.29, 1.82) is 0 Å². The first kappa shape index (κ1) is 12.6. The van der Waals surface area contributed by atoms with E-state index in [4.69, 9.17) is 4.74 Å². The maximum absolute atomic E-state index is 5.47. The van der Waals surface area contributed by atoms with Crippen LogP contribution in [-0.2, 0) is 17.8 Å². The number of hydrogen-bond acceptors (Lipinski definition) is 3. The number of aromatic nitrogens is 2. The summed E-state index contributed by atoms with van der Waals surface area (Å²) in [7, 11) is 0. The lowest BCUT2D eigenvalue weighted by Gasteiger charge is -2.02. The van der Waals surface area contributed by atoms with Crippen molar-refractivity contribution < 1.29 is 4.74 Å². The topological polar surface area (TPSA) is 39.1 Å². The van der Waals surface area contributed by atoms with Crippen molar-refractivity contribution in [3.63, 3.8) is 0 Å². The van der Waals surface area contributed by atoms with Gasteiger partial charge >= 0.3 is 0 Å². The molecule has 0 atom stereocenters. The van der Waals surface area contributed by atoms with Gasteiger partial charge in [0.1, 0.15) is 0 Å². The maximum atomic E-state index is 5.47. The summed E-state index contributed by atoms with van der Waals surface area (Å²) in [5.41, 5.74) is 2.45. The van der Waals surface area contributed by atoms with Crippen LogP contribution in [0.1, 0.15) is 37.4 Å². The van der Waals surface area contributed by atoms with Crippen molar-refractivity contribution in [2.24, 2.45) is 0 Å². The number of hydrogen-bond donors (Lipinski definition) is 1. The summed E-state index contributed by atoms with van der Waals surface area (Å²) < 4.78 is 7.46. The third kappa shape index (κ3) is 4.13. The van der Waals surface area contributed by atoms with E-state index in [1.807, 2.05) is 4.68 Å². The smallest absolute Gasteiger partial charge is 0.0662 e. The van der Waals surface area contributed by atoms with Gasteiger partial charge in [0, 0.05) is 31.0 Å². The van der Waals surface area contributed by atoms with Gasteiger partial charge in [-0.2, -0.15) is 5.10 Å². The molecular formula is C13H23N3O. The van der Waals surface area contributed by atoms with Gasteiger partial charge in [-0.05, 0) is 26.2 Å². The fourth-order valence-corrected chi connectivity index (χ4v) is 1.79. The highest BCUT2D eigenvalue weighted by Crippen LogP contribution is 2.19. The highest BCUT2D eigenvalue weighted by molar-refractivity contribution is 5.15. The molecular weight excluding hydrogens is 214 g/mol. The third-order valence-corrected chi connectivity index (χ3v) is 3.02. The van der Waals surface area contributed by atoms with Crippen LogP contribution in [0.5, 0.6) is 0 Å². The monoisotopic (exact) mass is 237 g/mol. The Morgan fingerprint density at radius 3 is 3.00 bits per heavy atom. The number of ether oxygens (including phenoxy) is 1. The van der Waals surface area contributed by atoms with Gasteiger partial charge in [-0.25, -0.2) is 0 Å². The van der Waals surface area contributed by atoms with Crippen LogP contribution in [0.3, 0.4) is 0 Å². The minimum absolute atomic E-state index is 0.754. The zero-order valence-corrected chi connectivity index (χ0v) is 10.9. The normalized spacial score (nSPS) is 15.4. The lowest BCUT2D eigenvalue weighted by Crippen LogP contribution is -2.15. The van der Waals surface area contributed by atoms with E-state index in [-0.39, 0.29) is 0 Å². The zero-order chi connectivity index (χ0) is 12.1. The molecule has 1 N–H and O–H groups in total. The maximum Gasteiger partial charge on any atom is 0.0662 e. The minimum Gasteiger partial charge on any atom is -0.380 e. The van der Waals surface area contributed by atoms with Crippen LogP contribution in [-0.4, -0.2) is 29.0 Å². The van der Waals surface area contributed by atoms with Crippen LogP contribution in [0.2, 0.25) is 0 Å². The molecule has 0 spiro atoms. The molecule has 1 aliphatic carbocycles. The van der Waals surface area contributed by atoms with Gasteiger partial charge in [0.05, 0.1) is 18.8 Å². The Morgan fingerprint density at radius 1 is 1.47 bits per heavy atom. The van der Waals surface area contributed by atoms with Crippen LogP contribution < -0.4 is 5.32 Å². The van der Waals surface area contributed by atoms with E-state index in [2.05, 4.69) is 30.5 Å². The molecule has 1 aliphatic rings. The fraction of sp³-hybridized carbons (Fsp3) is 0.769. The largest absolute Gasteiger partial charge is 0.380 e. The molecule has 96 valence electrons. The van der Waals surface area contributed by atoms with Crippen molar-refractivity contribution >= 4 is 0 Å². The Hall–Kier alpha value is -0.870. The number of rotatable bonds is 8. The van der Waals surface area contributed by atoms with Crippen LogP contribution in [0.4, 0.5) is 0 Å². The number of nitrogens with zero attached hydrogens (tertiary/aromatic N) is 2. The standard InChI is InChI=1S/C13H23N3O/c1-3-7-17-8-6-16-10-12(11(2)15-16)9-14-13-4-5-13/h10,13-14H,3-9H2,1-2H3. The molecule has 4 heteroatoms. The van der Waals surface area contributed by atoms with Crippen molar-refractivity contribution in [3.8, 4) is 0 Å². The van der Waals surface area contributed by atoms with Crippen LogP contribution >= 0.6 is 0 Å². The average Bonchev–Trinajstić information content (AvgIpc) is 3.07. The molecule has 2 rings (SSSR count). The lowest BCUT2D eigenvalue weighted by molar-refractivity contribution is 0.124. The quantitative estimate of drug-likeness (QED) is 0.702. The molecule has 0 unspecified atom stereocenters. The van der Waals surface area contributed by atoms with Crippen molar-refractivity contribution in [3.05, 3.63) is 17.5 Å². The van der Waals surface area contributed by atoms with Gasteiger partial charge in [0.2, 0.25) is 0 Å². The van der Waals surface area contributed by atoms with E-state index >= 15 is 0 Å². The molecule has 1 aromatic rings. The second kappa shape index (κ2) is 6.17. The summed E-state index contributed by atoms with van der Waals surface area (Å²) >= 11 is 0. The molecule has 0 aromatic carbocycles. The molecule has 17 heavy (non-hydrogen) atoms. The van der Waals surface area contributed by atoms with E-state index in [1.165, 1.54) is 18.4 Å². The molecule has 0 bridgehead atoms. The van der Waals surface area contributed by atoms with Crippen LogP contribution in [0.15, 0.2) is 6.20 Å². The summed E-state index contributed by atoms with van der Waals surface area (Å²) in [4.78, 5) is 0. The second-order valence-corrected chi connectivity index (χ2v) is 4.77. The van der Waals surface area contributed by atoms with Gasteiger partial charge < -0.3 is 10.1 Å². The molecule has 0 radical (unpaired) electrons. The van der Waals surface area contributed by atoms with Gasteiger partial charge in [-0.1, -0.05) is 6.92 Å². The Kier molecular flexibility index (Phi) is 4.57. The molecule has 1 fully saturated rings. The zero-order valence-electron chi connectivity index (χ0n) is 10.9. The van der Waals surface area contributed by atoms with E-state index < -0.39 is 0 Å². The molecule has 0 aliphatic heterocycles. The van der Waals surface area contributed by atoms with Gasteiger partial charge in [-0.3, -0.25) is 4.68 Å². The Bertz CT molecular complexity index is 344.